The number of piperazine rings is 1. The molecular formula is C24H28FN2O5S-. The van der Waals surface area contributed by atoms with Crippen molar-refractivity contribution in [3.05, 3.63) is 66.0 Å². The average Bonchev–Trinajstić information content (AvgIpc) is 2.84. The lowest BCUT2D eigenvalue weighted by Gasteiger charge is -2.49. The largest absolute Gasteiger partial charge is 0.771 e. The molecule has 2 aliphatic rings. The maximum absolute atomic E-state index is 13.4. The summed E-state index contributed by atoms with van der Waals surface area (Å²) in [6.07, 6.45) is 0.578. The van der Waals surface area contributed by atoms with Crippen LogP contribution in [-0.4, -0.2) is 64.4 Å². The summed E-state index contributed by atoms with van der Waals surface area (Å²) in [4.78, 5) is 17.3. The van der Waals surface area contributed by atoms with Gasteiger partial charge in [-0.15, -0.1) is 0 Å². The smallest absolute Gasteiger partial charge is 0.315 e. The van der Waals surface area contributed by atoms with Crippen LogP contribution in [0.2, 0.25) is 0 Å². The lowest BCUT2D eigenvalue weighted by molar-refractivity contribution is -0.167. The summed E-state index contributed by atoms with van der Waals surface area (Å²) in [5, 5.41) is -1.000. The Morgan fingerprint density at radius 3 is 2.30 bits per heavy atom. The van der Waals surface area contributed by atoms with Gasteiger partial charge in [0, 0.05) is 45.1 Å². The van der Waals surface area contributed by atoms with Crippen molar-refractivity contribution in [3.63, 3.8) is 0 Å². The number of nitrogens with zero attached hydrogens (tertiary/aromatic N) is 2. The first kappa shape index (κ1) is 23.8. The minimum absolute atomic E-state index is 0.0961. The average molecular weight is 476 g/mol. The molecule has 4 rings (SSSR count). The summed E-state index contributed by atoms with van der Waals surface area (Å²) in [6.45, 7) is 2.79. The van der Waals surface area contributed by atoms with Crippen molar-refractivity contribution in [2.75, 3.05) is 44.3 Å². The second-order valence-corrected chi connectivity index (χ2v) is 9.41. The van der Waals surface area contributed by atoms with Crippen LogP contribution in [0.3, 0.4) is 0 Å². The molecule has 178 valence electrons. The normalized spacial score (nSPS) is 20.7. The van der Waals surface area contributed by atoms with Crippen molar-refractivity contribution in [1.82, 2.24) is 4.90 Å². The van der Waals surface area contributed by atoms with E-state index in [0.29, 0.717) is 39.4 Å². The number of hydrogen-bond donors (Lipinski definition) is 0. The highest BCUT2D eigenvalue weighted by atomic mass is 32.2. The number of halogens is 1. The fourth-order valence-electron chi connectivity index (χ4n) is 4.68. The fourth-order valence-corrected chi connectivity index (χ4v) is 5.83. The molecule has 2 atom stereocenters. The van der Waals surface area contributed by atoms with Crippen molar-refractivity contribution < 1.29 is 27.4 Å². The summed E-state index contributed by atoms with van der Waals surface area (Å²) in [7, 11) is 0. The van der Waals surface area contributed by atoms with Crippen LogP contribution in [0.5, 0.6) is 0 Å². The Hall–Kier alpha value is -2.33. The SMILES string of the molecule is O=C(OCc1ccccc1)C1(C(N2CCN(c3ccc(F)cc3)CC2)S(=O)[O-])CCOCC1. The number of anilines is 1. The molecule has 2 aliphatic heterocycles. The van der Waals surface area contributed by atoms with Crippen molar-refractivity contribution in [2.24, 2.45) is 5.41 Å². The van der Waals surface area contributed by atoms with Gasteiger partial charge in [0.1, 0.15) is 12.4 Å². The molecule has 7 nitrogen and oxygen atoms in total. The molecule has 0 bridgehead atoms. The third-order valence-electron chi connectivity index (χ3n) is 6.50. The monoisotopic (exact) mass is 475 g/mol. The minimum atomic E-state index is -2.51. The van der Waals surface area contributed by atoms with Crippen LogP contribution in [0, 0.1) is 11.2 Å². The molecule has 2 saturated heterocycles. The molecule has 2 fully saturated rings. The van der Waals surface area contributed by atoms with Gasteiger partial charge in [0.05, 0.1) is 10.8 Å². The van der Waals surface area contributed by atoms with Crippen LogP contribution in [-0.2, 0) is 32.0 Å². The third-order valence-corrected chi connectivity index (χ3v) is 7.61. The molecule has 33 heavy (non-hydrogen) atoms. The van der Waals surface area contributed by atoms with Gasteiger partial charge in [-0.2, -0.15) is 0 Å². The van der Waals surface area contributed by atoms with Gasteiger partial charge in [0.2, 0.25) is 0 Å². The van der Waals surface area contributed by atoms with E-state index in [4.69, 9.17) is 9.47 Å². The second-order valence-electron chi connectivity index (χ2n) is 8.44. The highest BCUT2D eigenvalue weighted by Crippen LogP contribution is 2.40. The molecule has 2 heterocycles. The second kappa shape index (κ2) is 10.7. The number of carbonyl (C=O) groups is 1. The van der Waals surface area contributed by atoms with Gasteiger partial charge in [0.15, 0.2) is 0 Å². The molecule has 9 heteroatoms. The summed E-state index contributed by atoms with van der Waals surface area (Å²) in [5.41, 5.74) is 0.553. The van der Waals surface area contributed by atoms with E-state index in [2.05, 4.69) is 4.90 Å². The number of hydrogen-bond acceptors (Lipinski definition) is 7. The maximum Gasteiger partial charge on any atom is 0.315 e. The molecule has 0 N–H and O–H groups in total. The van der Waals surface area contributed by atoms with Gasteiger partial charge >= 0.3 is 5.97 Å². The Morgan fingerprint density at radius 2 is 1.70 bits per heavy atom. The minimum Gasteiger partial charge on any atom is -0.771 e. The van der Waals surface area contributed by atoms with Crippen molar-refractivity contribution in [2.45, 2.75) is 24.8 Å². The first-order valence-corrected chi connectivity index (χ1v) is 12.2. The number of carbonyl (C=O) groups excluding carboxylic acids is 1. The fraction of sp³-hybridized carbons (Fsp3) is 0.458. The molecular weight excluding hydrogens is 447 g/mol. The zero-order valence-corrected chi connectivity index (χ0v) is 19.2. The Morgan fingerprint density at radius 1 is 1.06 bits per heavy atom. The third kappa shape index (κ3) is 5.43. The van der Waals surface area contributed by atoms with E-state index >= 15 is 0 Å². The van der Waals surface area contributed by atoms with Crippen molar-refractivity contribution in [1.29, 1.82) is 0 Å². The van der Waals surface area contributed by atoms with Crippen molar-refractivity contribution >= 4 is 22.7 Å². The van der Waals surface area contributed by atoms with Crippen LogP contribution in [0.25, 0.3) is 0 Å². The zero-order valence-electron chi connectivity index (χ0n) is 18.4. The molecule has 0 amide bonds. The van der Waals surface area contributed by atoms with Gasteiger partial charge in [0.25, 0.3) is 0 Å². The summed E-state index contributed by atoms with van der Waals surface area (Å²) >= 11 is -2.51. The predicted octanol–water partition coefficient (Wildman–Crippen LogP) is 2.69. The Bertz CT molecular complexity index is 945. The van der Waals surface area contributed by atoms with Crippen LogP contribution < -0.4 is 4.90 Å². The van der Waals surface area contributed by atoms with E-state index in [1.807, 2.05) is 35.2 Å². The van der Waals surface area contributed by atoms with Gasteiger partial charge in [-0.25, -0.2) is 4.39 Å². The summed E-state index contributed by atoms with van der Waals surface area (Å²) in [5.74, 6) is -0.792. The Balaban J connectivity index is 1.50. The van der Waals surface area contributed by atoms with Gasteiger partial charge in [-0.05, 0) is 53.8 Å². The van der Waals surface area contributed by atoms with Crippen molar-refractivity contribution in [3.8, 4) is 0 Å². The van der Waals surface area contributed by atoms with Crippen LogP contribution in [0.1, 0.15) is 18.4 Å². The van der Waals surface area contributed by atoms with Crippen LogP contribution in [0.15, 0.2) is 54.6 Å². The van der Waals surface area contributed by atoms with E-state index in [-0.39, 0.29) is 25.3 Å². The molecule has 0 aromatic heterocycles. The molecule has 2 aromatic carbocycles. The molecule has 2 aromatic rings. The number of ether oxygens (including phenoxy) is 2. The predicted molar refractivity (Wildman–Crippen MR) is 122 cm³/mol. The van der Waals surface area contributed by atoms with Gasteiger partial charge in [-0.1, -0.05) is 30.3 Å². The molecule has 0 spiro atoms. The van der Waals surface area contributed by atoms with Crippen LogP contribution in [0.4, 0.5) is 10.1 Å². The highest BCUT2D eigenvalue weighted by Gasteiger charge is 2.51. The number of esters is 1. The summed E-state index contributed by atoms with van der Waals surface area (Å²) < 4.78 is 49.4. The molecule has 0 aliphatic carbocycles. The quantitative estimate of drug-likeness (QED) is 0.450. The van der Waals surface area contributed by atoms with E-state index in [1.165, 1.54) is 12.1 Å². The zero-order chi connectivity index (χ0) is 23.3. The lowest BCUT2D eigenvalue weighted by atomic mass is 9.79. The van der Waals surface area contributed by atoms with Crippen LogP contribution >= 0.6 is 0 Å². The number of rotatable bonds is 7. The molecule has 0 radical (unpaired) electrons. The standard InChI is InChI=1S/C24H29FN2O5S/c25-20-6-8-21(9-7-20)26-12-14-27(15-13-26)22(33(29)30)24(10-16-31-17-11-24)23(28)32-18-19-4-2-1-3-5-19/h1-9,22H,10-18H2,(H,29,30)/p-1. The Labute approximate surface area is 195 Å². The molecule has 2 unspecified atom stereocenters. The van der Waals surface area contributed by atoms with E-state index in [9.17, 15) is 17.9 Å². The first-order valence-electron chi connectivity index (χ1n) is 11.1. The lowest BCUT2D eigenvalue weighted by Crippen LogP contribution is -2.61. The van der Waals surface area contributed by atoms with Gasteiger partial charge in [-0.3, -0.25) is 13.9 Å². The van der Waals surface area contributed by atoms with E-state index in [0.717, 1.165) is 11.3 Å². The van der Waals surface area contributed by atoms with E-state index < -0.39 is 27.8 Å². The highest BCUT2D eigenvalue weighted by molar-refractivity contribution is 7.79. The first-order chi connectivity index (χ1) is 16.0. The van der Waals surface area contributed by atoms with E-state index in [1.54, 1.807) is 12.1 Å². The van der Waals surface area contributed by atoms with Gasteiger partial charge < -0.3 is 18.9 Å². The topological polar surface area (TPSA) is 82.1 Å². The Kier molecular flexibility index (Phi) is 7.75. The number of benzene rings is 2. The summed E-state index contributed by atoms with van der Waals surface area (Å²) in [6, 6.07) is 15.6. The molecule has 0 saturated carbocycles. The maximum atomic E-state index is 13.4.